The molecule has 2 saturated carbocycles. The van der Waals surface area contributed by atoms with Crippen LogP contribution >= 0.6 is 0 Å². The number of imidazole rings is 1. The first kappa shape index (κ1) is 18.2. The first-order valence-electron chi connectivity index (χ1n) is 11.2. The zero-order valence-corrected chi connectivity index (χ0v) is 17.6. The van der Waals surface area contributed by atoms with Crippen molar-refractivity contribution in [3.05, 3.63) is 66.0 Å². The zero-order valence-electron chi connectivity index (χ0n) is 17.6. The molecule has 0 amide bonds. The maximum absolute atomic E-state index is 13.4. The Morgan fingerprint density at radius 1 is 1.03 bits per heavy atom. The summed E-state index contributed by atoms with van der Waals surface area (Å²) in [6.45, 7) is -0.0628. The van der Waals surface area contributed by atoms with E-state index in [-0.39, 0.29) is 30.1 Å². The molecule has 0 saturated heterocycles. The Morgan fingerprint density at radius 3 is 2.50 bits per heavy atom. The second-order valence-electron chi connectivity index (χ2n) is 9.39. The fraction of sp³-hybridized carbons (Fsp3) is 0.346. The van der Waals surface area contributed by atoms with Gasteiger partial charge in [0.2, 0.25) is 5.91 Å². The largest absolute Gasteiger partial charge is 0.497 e. The number of fused-ring (bicyclic) bond motifs is 3. The minimum absolute atomic E-state index is 0.0543. The van der Waals surface area contributed by atoms with Crippen LogP contribution in [0.3, 0.4) is 0 Å². The molecule has 2 aromatic carbocycles. The Kier molecular flexibility index (Phi) is 3.59. The van der Waals surface area contributed by atoms with Crippen molar-refractivity contribution in [3.63, 3.8) is 0 Å². The van der Waals surface area contributed by atoms with Crippen LogP contribution in [0.4, 0.5) is 0 Å². The van der Waals surface area contributed by atoms with Crippen molar-refractivity contribution in [2.24, 2.45) is 29.6 Å². The van der Waals surface area contributed by atoms with Gasteiger partial charge in [-0.2, -0.15) is 0 Å². The van der Waals surface area contributed by atoms with Gasteiger partial charge < -0.3 is 9.47 Å². The number of ether oxygens (including phenoxy) is 2. The van der Waals surface area contributed by atoms with Gasteiger partial charge in [0, 0.05) is 17.5 Å². The Hall–Kier alpha value is -3.41. The lowest BCUT2D eigenvalue weighted by molar-refractivity contribution is 0.0747. The van der Waals surface area contributed by atoms with Crippen LogP contribution in [0.15, 0.2) is 54.6 Å². The molecule has 2 heterocycles. The highest BCUT2D eigenvalue weighted by Crippen LogP contribution is 2.67. The zero-order chi connectivity index (χ0) is 21.6. The number of ketones is 1. The van der Waals surface area contributed by atoms with Crippen molar-refractivity contribution in [3.8, 4) is 11.5 Å². The number of nitrogens with zero attached hydrogens (tertiary/aromatic N) is 2. The molecule has 1 aliphatic heterocycles. The number of Topliss-reactive ketones (excluding diaryl/α,β-unsaturated/α-hetero) is 1. The van der Waals surface area contributed by atoms with Gasteiger partial charge in [0.25, 0.3) is 0 Å². The van der Waals surface area contributed by atoms with Crippen molar-refractivity contribution >= 4 is 22.7 Å². The first-order chi connectivity index (χ1) is 15.6. The highest BCUT2D eigenvalue weighted by Gasteiger charge is 2.64. The van der Waals surface area contributed by atoms with Gasteiger partial charge in [0.05, 0.1) is 24.1 Å². The van der Waals surface area contributed by atoms with Crippen molar-refractivity contribution in [1.82, 2.24) is 9.55 Å². The Morgan fingerprint density at radius 2 is 1.75 bits per heavy atom. The quantitative estimate of drug-likeness (QED) is 0.454. The molecule has 6 atom stereocenters. The summed E-state index contributed by atoms with van der Waals surface area (Å²) in [6, 6.07) is 12.5. The fourth-order valence-corrected chi connectivity index (χ4v) is 6.35. The third kappa shape index (κ3) is 2.38. The van der Waals surface area contributed by atoms with Crippen LogP contribution in [0.5, 0.6) is 11.5 Å². The van der Waals surface area contributed by atoms with E-state index in [2.05, 4.69) is 12.2 Å². The first-order valence-corrected chi connectivity index (χ1v) is 11.2. The highest BCUT2D eigenvalue weighted by molar-refractivity contribution is 5.98. The molecule has 0 N–H and O–H groups in total. The Labute approximate surface area is 184 Å². The van der Waals surface area contributed by atoms with E-state index in [1.165, 1.54) is 6.42 Å². The Bertz CT molecular complexity index is 1320. The van der Waals surface area contributed by atoms with Crippen molar-refractivity contribution in [2.45, 2.75) is 12.3 Å². The number of carbonyl (C=O) groups excluding carboxylic acids is 2. The smallest absolute Gasteiger partial charge is 0.237 e. The number of hydrogen-bond donors (Lipinski definition) is 0. The van der Waals surface area contributed by atoms with Crippen LogP contribution in [-0.2, 0) is 0 Å². The van der Waals surface area contributed by atoms with Gasteiger partial charge in [-0.1, -0.05) is 12.2 Å². The molecule has 0 radical (unpaired) electrons. The summed E-state index contributed by atoms with van der Waals surface area (Å²) in [6.07, 6.45) is 5.88. The van der Waals surface area contributed by atoms with E-state index in [9.17, 15) is 9.59 Å². The van der Waals surface area contributed by atoms with Crippen LogP contribution in [0, 0.1) is 29.6 Å². The summed E-state index contributed by atoms with van der Waals surface area (Å²) in [5, 5.41) is 0. The third-order valence-corrected chi connectivity index (χ3v) is 7.89. The predicted octanol–water partition coefficient (Wildman–Crippen LogP) is 4.11. The van der Waals surface area contributed by atoms with Gasteiger partial charge in [0.15, 0.2) is 12.4 Å². The van der Waals surface area contributed by atoms with Crippen LogP contribution < -0.4 is 9.47 Å². The molecule has 3 aromatic rings. The van der Waals surface area contributed by atoms with Crippen LogP contribution in [0.2, 0.25) is 0 Å². The van der Waals surface area contributed by atoms with Gasteiger partial charge in [-0.15, -0.1) is 0 Å². The van der Waals surface area contributed by atoms with Crippen LogP contribution in [0.25, 0.3) is 11.0 Å². The van der Waals surface area contributed by atoms with Gasteiger partial charge >= 0.3 is 0 Å². The molecule has 5 aliphatic rings. The molecular formula is C26H22N2O4. The summed E-state index contributed by atoms with van der Waals surface area (Å²) >= 11 is 0. The second kappa shape index (κ2) is 6.31. The highest BCUT2D eigenvalue weighted by atomic mass is 16.5. The van der Waals surface area contributed by atoms with Gasteiger partial charge in [-0.3, -0.25) is 14.2 Å². The SMILES string of the molecule is COc1ccc(C(=O)COc2ccc3c(c2)nc2n3C(=O)[C@H]3[C@H]4C=C[C@H]([C@@H]5C[C@H]45)[C@@H]23)cc1. The molecule has 160 valence electrons. The molecule has 0 spiro atoms. The normalized spacial score (nSPS) is 30.7. The van der Waals surface area contributed by atoms with E-state index in [1.807, 2.05) is 22.8 Å². The van der Waals surface area contributed by atoms with E-state index < -0.39 is 0 Å². The lowest BCUT2D eigenvalue weighted by Crippen LogP contribution is -2.38. The van der Waals surface area contributed by atoms with Gasteiger partial charge in [-0.25, -0.2) is 4.98 Å². The molecule has 32 heavy (non-hydrogen) atoms. The maximum Gasteiger partial charge on any atom is 0.237 e. The number of methoxy groups -OCH3 is 1. The van der Waals surface area contributed by atoms with Crippen molar-refractivity contribution < 1.29 is 19.1 Å². The molecule has 0 unspecified atom stereocenters. The predicted molar refractivity (Wildman–Crippen MR) is 117 cm³/mol. The third-order valence-electron chi connectivity index (χ3n) is 7.89. The monoisotopic (exact) mass is 426 g/mol. The summed E-state index contributed by atoms with van der Waals surface area (Å²) in [5.41, 5.74) is 2.16. The van der Waals surface area contributed by atoms with Gasteiger partial charge in [0.1, 0.15) is 17.3 Å². The summed E-state index contributed by atoms with van der Waals surface area (Å²) in [4.78, 5) is 30.7. The number of carbonyl (C=O) groups is 2. The molecule has 6 heteroatoms. The van der Waals surface area contributed by atoms with Crippen molar-refractivity contribution in [2.75, 3.05) is 13.7 Å². The van der Waals surface area contributed by atoms with E-state index in [1.54, 1.807) is 31.4 Å². The molecule has 8 rings (SSSR count). The number of hydrogen-bond acceptors (Lipinski definition) is 5. The lowest BCUT2D eigenvalue weighted by Gasteiger charge is -2.39. The number of aromatic nitrogens is 2. The molecule has 4 aliphatic carbocycles. The van der Waals surface area contributed by atoms with E-state index >= 15 is 0 Å². The van der Waals surface area contributed by atoms with E-state index in [0.29, 0.717) is 34.8 Å². The minimum atomic E-state index is -0.109. The maximum atomic E-state index is 13.4. The average molecular weight is 426 g/mol. The van der Waals surface area contributed by atoms with Crippen LogP contribution in [-0.4, -0.2) is 35.0 Å². The fourth-order valence-electron chi connectivity index (χ4n) is 6.35. The molecule has 1 aromatic heterocycles. The molecular weight excluding hydrogens is 404 g/mol. The average Bonchev–Trinajstić information content (AvgIpc) is 3.50. The standard InChI is InChI=1S/C26H22N2O4/c1-31-14-4-2-13(3-5-14)22(29)12-32-15-6-9-21-20(10-15)27-25-23-16-7-8-17(19-11-18(16)19)24(23)26(30)28(21)25/h2-10,16-19,23-24H,11-12H2,1H3/t16-,17+,18+,19-,23-,24+/m1/s1. The summed E-state index contributed by atoms with van der Waals surface area (Å²) < 4.78 is 12.7. The number of allylic oxidation sites excluding steroid dienone is 2. The summed E-state index contributed by atoms with van der Waals surface area (Å²) in [5.74, 6) is 4.79. The molecule has 2 fully saturated rings. The van der Waals surface area contributed by atoms with E-state index in [4.69, 9.17) is 14.5 Å². The Balaban J connectivity index is 1.15. The number of rotatable bonds is 5. The van der Waals surface area contributed by atoms with Gasteiger partial charge in [-0.05, 0) is 66.5 Å². The van der Waals surface area contributed by atoms with Crippen LogP contribution in [0.1, 0.15) is 33.3 Å². The molecule has 6 nitrogen and oxygen atoms in total. The second-order valence-corrected chi connectivity index (χ2v) is 9.39. The minimum Gasteiger partial charge on any atom is -0.497 e. The topological polar surface area (TPSA) is 70.4 Å². The lowest BCUT2D eigenvalue weighted by atomic mass is 9.63. The summed E-state index contributed by atoms with van der Waals surface area (Å²) in [7, 11) is 1.59. The number of benzene rings is 2. The van der Waals surface area contributed by atoms with E-state index in [0.717, 1.165) is 22.8 Å². The van der Waals surface area contributed by atoms with Crippen molar-refractivity contribution in [1.29, 1.82) is 0 Å². The molecule has 2 bridgehead atoms.